The van der Waals surface area contributed by atoms with Crippen molar-refractivity contribution < 1.29 is 25.2 Å². The minimum absolute atomic E-state index is 0.543. The van der Waals surface area contributed by atoms with Gasteiger partial charge in [0.15, 0.2) is 6.29 Å². The molecule has 2 unspecified atom stereocenters. The first kappa shape index (κ1) is 11.2. The van der Waals surface area contributed by atoms with Crippen molar-refractivity contribution in [3.8, 4) is 0 Å². The Balaban J connectivity index is 2.78. The summed E-state index contributed by atoms with van der Waals surface area (Å²) in [6.45, 7) is -0.543. The molecular weight excluding hydrogens is 194 g/mol. The fourth-order valence-electron chi connectivity index (χ4n) is 1.27. The van der Waals surface area contributed by atoms with Crippen LogP contribution in [0.25, 0.3) is 10.4 Å². The van der Waals surface area contributed by atoms with E-state index in [1.165, 1.54) is 0 Å². The van der Waals surface area contributed by atoms with E-state index in [0.717, 1.165) is 0 Å². The summed E-state index contributed by atoms with van der Waals surface area (Å²) in [5, 5.41) is 39.7. The van der Waals surface area contributed by atoms with Crippen molar-refractivity contribution in [2.45, 2.75) is 30.6 Å². The van der Waals surface area contributed by atoms with Crippen molar-refractivity contribution in [3.05, 3.63) is 10.4 Å². The average molecular weight is 205 g/mol. The second-order valence-electron chi connectivity index (χ2n) is 2.92. The van der Waals surface area contributed by atoms with Crippen LogP contribution in [0, 0.1) is 0 Å². The first-order valence-corrected chi connectivity index (χ1v) is 3.96. The topological polar surface area (TPSA) is 139 Å². The lowest BCUT2D eigenvalue weighted by Crippen LogP contribution is -2.57. The van der Waals surface area contributed by atoms with E-state index in [-0.39, 0.29) is 0 Å². The fourth-order valence-corrected chi connectivity index (χ4v) is 1.27. The highest BCUT2D eigenvalue weighted by Crippen LogP contribution is 2.21. The Bertz CT molecular complexity index is 244. The minimum atomic E-state index is -1.53. The molecule has 8 heteroatoms. The molecule has 5 atom stereocenters. The average Bonchev–Trinajstić information content (AvgIpc) is 2.18. The van der Waals surface area contributed by atoms with Gasteiger partial charge in [-0.2, -0.15) is 0 Å². The van der Waals surface area contributed by atoms with E-state index in [9.17, 15) is 15.3 Å². The Morgan fingerprint density at radius 3 is 2.43 bits per heavy atom. The molecule has 0 aromatic carbocycles. The molecular formula is C6H11N3O5. The van der Waals surface area contributed by atoms with Gasteiger partial charge in [-0.1, -0.05) is 5.11 Å². The van der Waals surface area contributed by atoms with Crippen LogP contribution in [0.4, 0.5) is 0 Å². The van der Waals surface area contributed by atoms with Crippen molar-refractivity contribution in [1.82, 2.24) is 0 Å². The van der Waals surface area contributed by atoms with Crippen molar-refractivity contribution in [2.75, 3.05) is 6.61 Å². The molecule has 1 rings (SSSR count). The number of azide groups is 1. The normalized spacial score (nSPS) is 43.0. The van der Waals surface area contributed by atoms with Gasteiger partial charge in [0, 0.05) is 4.91 Å². The predicted octanol–water partition coefficient (Wildman–Crippen LogP) is -1.90. The van der Waals surface area contributed by atoms with Crippen molar-refractivity contribution >= 4 is 0 Å². The lowest BCUT2D eigenvalue weighted by Gasteiger charge is -2.37. The zero-order valence-electron chi connectivity index (χ0n) is 7.13. The van der Waals surface area contributed by atoms with Gasteiger partial charge in [-0.25, -0.2) is 0 Å². The molecule has 0 aromatic heterocycles. The maximum absolute atomic E-state index is 9.37. The molecule has 1 saturated heterocycles. The summed E-state index contributed by atoms with van der Waals surface area (Å²) in [4.78, 5) is 2.40. The Kier molecular flexibility index (Phi) is 3.64. The Labute approximate surface area is 79.0 Å². The third-order valence-corrected chi connectivity index (χ3v) is 2.05. The van der Waals surface area contributed by atoms with Crippen LogP contribution in [0.1, 0.15) is 0 Å². The number of aliphatic hydroxyl groups is 4. The zero-order chi connectivity index (χ0) is 10.7. The minimum Gasteiger partial charge on any atom is -0.394 e. The van der Waals surface area contributed by atoms with Gasteiger partial charge in [0.1, 0.15) is 18.2 Å². The lowest BCUT2D eigenvalue weighted by molar-refractivity contribution is -0.248. The SMILES string of the molecule is [N-]=[N+]=NC1[C@H](O)OC(CO)[C@@H](O)[C@@H]1O. The summed E-state index contributed by atoms with van der Waals surface area (Å²) in [6, 6.07) is -1.27. The summed E-state index contributed by atoms with van der Waals surface area (Å²) >= 11 is 0. The van der Waals surface area contributed by atoms with Crippen LogP contribution in [0.5, 0.6) is 0 Å². The molecule has 8 nitrogen and oxygen atoms in total. The zero-order valence-corrected chi connectivity index (χ0v) is 7.13. The van der Waals surface area contributed by atoms with Gasteiger partial charge in [0.25, 0.3) is 0 Å². The molecule has 0 amide bonds. The number of aliphatic hydroxyl groups excluding tert-OH is 4. The highest BCUT2D eigenvalue weighted by molar-refractivity contribution is 4.92. The van der Waals surface area contributed by atoms with Crippen LogP contribution in [-0.2, 0) is 4.74 Å². The van der Waals surface area contributed by atoms with Crippen LogP contribution in [0.2, 0.25) is 0 Å². The number of nitrogens with zero attached hydrogens (tertiary/aromatic N) is 3. The van der Waals surface area contributed by atoms with E-state index in [1.54, 1.807) is 0 Å². The van der Waals surface area contributed by atoms with Crippen molar-refractivity contribution in [2.24, 2.45) is 5.11 Å². The van der Waals surface area contributed by atoms with Gasteiger partial charge in [-0.3, -0.25) is 0 Å². The summed E-state index contributed by atoms with van der Waals surface area (Å²) in [5.41, 5.74) is 8.11. The smallest absolute Gasteiger partial charge is 0.166 e. The van der Waals surface area contributed by atoms with E-state index < -0.39 is 37.3 Å². The van der Waals surface area contributed by atoms with Crippen LogP contribution in [0.3, 0.4) is 0 Å². The molecule has 80 valence electrons. The van der Waals surface area contributed by atoms with Gasteiger partial charge < -0.3 is 25.2 Å². The van der Waals surface area contributed by atoms with Crippen LogP contribution < -0.4 is 0 Å². The standard InChI is InChI=1S/C6H11N3O5/c7-9-8-3-5(12)4(11)2(1-10)14-6(3)13/h2-6,10-13H,1H2/t2?,3?,4-,5-,6-/m1/s1. The lowest BCUT2D eigenvalue weighted by atomic mass is 9.98. The second-order valence-corrected chi connectivity index (χ2v) is 2.92. The van der Waals surface area contributed by atoms with E-state index >= 15 is 0 Å². The summed E-state index contributed by atoms with van der Waals surface area (Å²) < 4.78 is 4.71. The summed E-state index contributed by atoms with van der Waals surface area (Å²) in [5.74, 6) is 0. The molecule has 0 radical (unpaired) electrons. The maximum Gasteiger partial charge on any atom is 0.166 e. The first-order valence-electron chi connectivity index (χ1n) is 3.96. The molecule has 0 saturated carbocycles. The molecule has 4 N–H and O–H groups in total. The number of ether oxygens (including phenoxy) is 1. The monoisotopic (exact) mass is 205 g/mol. The summed E-state index contributed by atoms with van der Waals surface area (Å²) in [7, 11) is 0. The number of hydrogen-bond acceptors (Lipinski definition) is 6. The highest BCUT2D eigenvalue weighted by atomic mass is 16.6. The van der Waals surface area contributed by atoms with Gasteiger partial charge in [-0.15, -0.1) is 0 Å². The van der Waals surface area contributed by atoms with Crippen LogP contribution in [-0.4, -0.2) is 57.7 Å². The van der Waals surface area contributed by atoms with E-state index in [2.05, 4.69) is 10.0 Å². The van der Waals surface area contributed by atoms with Gasteiger partial charge >= 0.3 is 0 Å². The number of hydrogen-bond donors (Lipinski definition) is 4. The first-order chi connectivity index (χ1) is 6.61. The molecule has 1 fully saturated rings. The van der Waals surface area contributed by atoms with Crippen molar-refractivity contribution in [1.29, 1.82) is 0 Å². The Morgan fingerprint density at radius 1 is 1.29 bits per heavy atom. The highest BCUT2D eigenvalue weighted by Gasteiger charge is 2.43. The number of rotatable bonds is 2. The van der Waals surface area contributed by atoms with E-state index in [4.69, 9.17) is 15.4 Å². The Hall–Kier alpha value is -0.890. The largest absolute Gasteiger partial charge is 0.394 e. The van der Waals surface area contributed by atoms with E-state index in [0.29, 0.717) is 0 Å². The summed E-state index contributed by atoms with van der Waals surface area (Å²) in [6.07, 6.45) is -5.45. The third-order valence-electron chi connectivity index (χ3n) is 2.05. The quantitative estimate of drug-likeness (QED) is 0.237. The van der Waals surface area contributed by atoms with E-state index in [1.807, 2.05) is 0 Å². The maximum atomic E-state index is 9.37. The second kappa shape index (κ2) is 4.56. The van der Waals surface area contributed by atoms with Gasteiger partial charge in [-0.05, 0) is 5.53 Å². The molecule has 14 heavy (non-hydrogen) atoms. The third kappa shape index (κ3) is 1.95. The van der Waals surface area contributed by atoms with Crippen LogP contribution in [0.15, 0.2) is 5.11 Å². The predicted molar refractivity (Wildman–Crippen MR) is 42.9 cm³/mol. The molecule has 0 bridgehead atoms. The molecule has 1 aliphatic heterocycles. The van der Waals surface area contributed by atoms with Crippen molar-refractivity contribution in [3.63, 3.8) is 0 Å². The molecule has 1 heterocycles. The fraction of sp³-hybridized carbons (Fsp3) is 1.00. The molecule has 1 aliphatic rings. The Morgan fingerprint density at radius 2 is 1.93 bits per heavy atom. The van der Waals surface area contributed by atoms with Gasteiger partial charge in [0.2, 0.25) is 0 Å². The molecule has 0 spiro atoms. The van der Waals surface area contributed by atoms with Crippen LogP contribution >= 0.6 is 0 Å². The molecule has 0 aromatic rings. The molecule has 0 aliphatic carbocycles. The van der Waals surface area contributed by atoms with Gasteiger partial charge in [0.05, 0.1) is 12.7 Å².